The quantitative estimate of drug-likeness (QED) is 0.730. The van der Waals surface area contributed by atoms with Gasteiger partial charge >= 0.3 is 0 Å². The van der Waals surface area contributed by atoms with Gasteiger partial charge in [0.25, 0.3) is 0 Å². The first-order chi connectivity index (χ1) is 13.2. The van der Waals surface area contributed by atoms with E-state index >= 15 is 0 Å². The van der Waals surface area contributed by atoms with Crippen molar-refractivity contribution in [3.63, 3.8) is 0 Å². The van der Waals surface area contributed by atoms with E-state index in [1.165, 1.54) is 9.87 Å². The van der Waals surface area contributed by atoms with Crippen LogP contribution in [0, 0.1) is 12.3 Å². The van der Waals surface area contributed by atoms with Gasteiger partial charge in [-0.05, 0) is 32.6 Å². The van der Waals surface area contributed by atoms with Gasteiger partial charge in [-0.2, -0.15) is 5.10 Å². The van der Waals surface area contributed by atoms with Gasteiger partial charge in [0, 0.05) is 64.1 Å². The highest BCUT2D eigenvalue weighted by atomic mass is 32.2. The van der Waals surface area contributed by atoms with Gasteiger partial charge in [0.2, 0.25) is 15.9 Å². The lowest BCUT2D eigenvalue weighted by atomic mass is 9.71. The summed E-state index contributed by atoms with van der Waals surface area (Å²) < 4.78 is 28.4. The largest absolute Gasteiger partial charge is 0.342 e. The first-order valence-corrected chi connectivity index (χ1v) is 11.8. The second-order valence-electron chi connectivity index (χ2n) is 8.63. The van der Waals surface area contributed by atoms with Gasteiger partial charge in [-0.3, -0.25) is 14.4 Å². The molecule has 2 atom stereocenters. The molecule has 3 fully saturated rings. The van der Waals surface area contributed by atoms with Gasteiger partial charge < -0.3 is 4.90 Å². The summed E-state index contributed by atoms with van der Waals surface area (Å²) in [6, 6.07) is -0.245. The van der Waals surface area contributed by atoms with E-state index in [2.05, 4.69) is 16.9 Å². The lowest BCUT2D eigenvalue weighted by Crippen LogP contribution is -2.67. The zero-order valence-corrected chi connectivity index (χ0v) is 17.9. The summed E-state index contributed by atoms with van der Waals surface area (Å²) in [5, 5.41) is 4.34. The van der Waals surface area contributed by atoms with E-state index in [1.54, 1.807) is 7.05 Å². The van der Waals surface area contributed by atoms with Crippen molar-refractivity contribution in [2.45, 2.75) is 45.2 Å². The number of carbonyl (C=O) groups excluding carboxylic acids is 1. The molecule has 0 N–H and O–H groups in total. The molecule has 0 saturated carbocycles. The van der Waals surface area contributed by atoms with Crippen LogP contribution in [0.3, 0.4) is 0 Å². The minimum atomic E-state index is -3.28. The third kappa shape index (κ3) is 3.17. The van der Waals surface area contributed by atoms with Crippen LogP contribution in [0.1, 0.15) is 36.9 Å². The van der Waals surface area contributed by atoms with Crippen LogP contribution in [0.25, 0.3) is 0 Å². The summed E-state index contributed by atoms with van der Waals surface area (Å²) in [5.41, 5.74) is 1.66. The highest BCUT2D eigenvalue weighted by Gasteiger charge is 2.57. The van der Waals surface area contributed by atoms with E-state index < -0.39 is 15.4 Å². The van der Waals surface area contributed by atoms with Crippen LogP contribution in [0.5, 0.6) is 0 Å². The SMILES string of the molecule is Cc1c(CN2CC[C@H]3N(C)S(=O)(=O)CC[C@]3(C(=O)N3CCCC3)C2)cnn1C. The molecule has 8 nitrogen and oxygen atoms in total. The molecule has 4 rings (SSSR count). The predicted octanol–water partition coefficient (Wildman–Crippen LogP) is 0.577. The van der Waals surface area contributed by atoms with Gasteiger partial charge in [0.05, 0.1) is 17.4 Å². The molecule has 0 spiro atoms. The van der Waals surface area contributed by atoms with Crippen LogP contribution < -0.4 is 0 Å². The monoisotopic (exact) mass is 409 g/mol. The Morgan fingerprint density at radius 2 is 1.96 bits per heavy atom. The van der Waals surface area contributed by atoms with Crippen LogP contribution in [0.15, 0.2) is 6.20 Å². The lowest BCUT2D eigenvalue weighted by Gasteiger charge is -2.53. The van der Waals surface area contributed by atoms with E-state index in [0.717, 1.165) is 44.7 Å². The Bertz CT molecular complexity index is 861. The molecule has 28 heavy (non-hydrogen) atoms. The molecule has 3 aliphatic rings. The topological polar surface area (TPSA) is 78.8 Å². The normalized spacial score (nSPS) is 31.1. The van der Waals surface area contributed by atoms with E-state index in [-0.39, 0.29) is 17.7 Å². The summed E-state index contributed by atoms with van der Waals surface area (Å²) in [5.74, 6) is 0.212. The van der Waals surface area contributed by atoms with Crippen molar-refractivity contribution in [3.8, 4) is 0 Å². The van der Waals surface area contributed by atoms with Crippen LogP contribution in [0.2, 0.25) is 0 Å². The van der Waals surface area contributed by atoms with Crippen LogP contribution >= 0.6 is 0 Å². The van der Waals surface area contributed by atoms with Crippen LogP contribution in [0.4, 0.5) is 0 Å². The number of aryl methyl sites for hydroxylation is 1. The van der Waals surface area contributed by atoms with Crippen molar-refractivity contribution in [2.75, 3.05) is 39.0 Å². The molecule has 0 radical (unpaired) electrons. The van der Waals surface area contributed by atoms with E-state index in [9.17, 15) is 13.2 Å². The van der Waals surface area contributed by atoms with Gasteiger partial charge in [-0.15, -0.1) is 0 Å². The minimum absolute atomic E-state index is 0.0549. The number of piperidine rings is 1. The Morgan fingerprint density at radius 3 is 2.61 bits per heavy atom. The molecule has 156 valence electrons. The van der Waals surface area contributed by atoms with Crippen molar-refractivity contribution in [2.24, 2.45) is 12.5 Å². The molecule has 1 aromatic heterocycles. The third-order valence-corrected chi connectivity index (χ3v) is 8.95. The molecule has 0 aliphatic carbocycles. The van der Waals surface area contributed by atoms with E-state index in [1.807, 2.05) is 22.8 Å². The first-order valence-electron chi connectivity index (χ1n) is 10.2. The molecule has 1 amide bonds. The highest BCUT2D eigenvalue weighted by Crippen LogP contribution is 2.44. The lowest BCUT2D eigenvalue weighted by molar-refractivity contribution is -0.150. The molecule has 1 aromatic rings. The number of sulfonamides is 1. The predicted molar refractivity (Wildman–Crippen MR) is 106 cm³/mol. The number of aromatic nitrogens is 2. The summed E-state index contributed by atoms with van der Waals surface area (Å²) in [6.07, 6.45) is 5.09. The van der Waals surface area contributed by atoms with Crippen LogP contribution in [-0.4, -0.2) is 83.2 Å². The fourth-order valence-corrected chi connectivity index (χ4v) is 6.82. The number of hydrogen-bond acceptors (Lipinski definition) is 5. The summed E-state index contributed by atoms with van der Waals surface area (Å²) in [7, 11) is 0.318. The fourth-order valence-electron chi connectivity index (χ4n) is 5.22. The Hall–Kier alpha value is -1.45. The zero-order valence-electron chi connectivity index (χ0n) is 17.1. The van der Waals surface area contributed by atoms with Crippen molar-refractivity contribution in [1.82, 2.24) is 23.9 Å². The average molecular weight is 410 g/mol. The Balaban J connectivity index is 1.63. The number of fused-ring (bicyclic) bond motifs is 1. The van der Waals surface area contributed by atoms with Gasteiger partial charge in [0.15, 0.2) is 0 Å². The maximum atomic E-state index is 13.6. The molecular weight excluding hydrogens is 378 g/mol. The zero-order chi connectivity index (χ0) is 20.1. The Kier molecular flexibility index (Phi) is 5.04. The molecule has 4 heterocycles. The molecule has 9 heteroatoms. The third-order valence-electron chi connectivity index (χ3n) is 7.10. The van der Waals surface area contributed by atoms with Crippen LogP contribution in [-0.2, 0) is 28.4 Å². The summed E-state index contributed by atoms with van der Waals surface area (Å²) in [6.45, 7) is 5.80. The standard InChI is InChI=1S/C19H31N5O3S/c1-15-16(12-20-21(15)2)13-23-10-6-17-19(14-23,7-11-28(26,27)22(17)3)18(25)24-8-4-5-9-24/h12,17H,4-11,13-14H2,1-3H3/t17-,19+/m1/s1. The number of likely N-dealkylation sites (tertiary alicyclic amines) is 2. The Labute approximate surface area is 167 Å². The highest BCUT2D eigenvalue weighted by molar-refractivity contribution is 7.89. The van der Waals surface area contributed by atoms with Crippen molar-refractivity contribution < 1.29 is 13.2 Å². The molecule has 0 bridgehead atoms. The number of hydrogen-bond donors (Lipinski definition) is 0. The van der Waals surface area contributed by atoms with Crippen molar-refractivity contribution in [1.29, 1.82) is 0 Å². The number of nitrogens with zero attached hydrogens (tertiary/aromatic N) is 5. The molecule has 3 aliphatic heterocycles. The Morgan fingerprint density at radius 1 is 1.25 bits per heavy atom. The van der Waals surface area contributed by atoms with Crippen molar-refractivity contribution >= 4 is 15.9 Å². The number of amides is 1. The molecule has 0 aromatic carbocycles. The van der Waals surface area contributed by atoms with Crippen molar-refractivity contribution in [3.05, 3.63) is 17.5 Å². The second kappa shape index (κ2) is 7.11. The second-order valence-corrected chi connectivity index (χ2v) is 10.8. The molecular formula is C19H31N5O3S. The number of rotatable bonds is 3. The van der Waals surface area contributed by atoms with Gasteiger partial charge in [0.1, 0.15) is 0 Å². The fraction of sp³-hybridized carbons (Fsp3) is 0.789. The summed E-state index contributed by atoms with van der Waals surface area (Å²) >= 11 is 0. The maximum Gasteiger partial charge on any atom is 0.231 e. The number of carbonyl (C=O) groups is 1. The van der Waals surface area contributed by atoms with Gasteiger partial charge in [-0.1, -0.05) is 0 Å². The van der Waals surface area contributed by atoms with E-state index in [0.29, 0.717) is 19.4 Å². The maximum absolute atomic E-state index is 13.6. The molecule has 3 saturated heterocycles. The molecule has 0 unspecified atom stereocenters. The van der Waals surface area contributed by atoms with E-state index in [4.69, 9.17) is 0 Å². The van der Waals surface area contributed by atoms with Gasteiger partial charge in [-0.25, -0.2) is 12.7 Å². The minimum Gasteiger partial charge on any atom is -0.342 e. The first kappa shape index (κ1) is 19.8. The summed E-state index contributed by atoms with van der Waals surface area (Å²) in [4.78, 5) is 17.9. The average Bonchev–Trinajstić information content (AvgIpc) is 3.31. The smallest absolute Gasteiger partial charge is 0.231 e.